The lowest BCUT2D eigenvalue weighted by Crippen LogP contribution is -2.61. The number of aliphatic hydroxyl groups is 2. The van der Waals surface area contributed by atoms with Crippen molar-refractivity contribution in [2.24, 2.45) is 0 Å². The molecule has 0 aromatic carbocycles. The summed E-state index contributed by atoms with van der Waals surface area (Å²) in [7, 11) is 0. The number of aliphatic carboxylic acids is 1. The Labute approximate surface area is 419 Å². The number of allylic oxidation sites excluding steroid dienone is 4. The standard InChI is InChI=1S/C57H102O12/c1-4-7-10-13-16-19-21-23-25-27-29-32-34-37-40-43-49(58)65-46-48(67-50(59)44-41-38-36-33-30-28-26-24-22-20-17-14-11-8-5-2)47-66-57-55(53(62)52(61)54(69-57)56(63)64)68-51(60)45-42-39-35-31-18-15-12-9-6-3/h23-26,48,52-55,57,61-62H,4-22,27-47H2,1-3H3,(H,63,64)/b25-23-,26-24-. The Hall–Kier alpha value is -2.80. The molecule has 69 heavy (non-hydrogen) atoms. The molecule has 0 aromatic heterocycles. The SMILES string of the molecule is CCCCCCCC/C=C\CCCCCCCC(=O)OCC(COC1OC(C(=O)O)C(O)C(O)C1OC(=O)CCCCCCCCCCC)OC(=O)CCCCCCC/C=C\CCCCCCCC. The molecule has 0 saturated carbocycles. The van der Waals surface area contributed by atoms with Gasteiger partial charge in [-0.2, -0.15) is 0 Å². The first kappa shape index (κ1) is 64.2. The molecule has 1 rings (SSSR count). The van der Waals surface area contributed by atoms with Gasteiger partial charge < -0.3 is 39.0 Å². The average Bonchev–Trinajstić information content (AvgIpc) is 3.33. The number of hydrogen-bond acceptors (Lipinski definition) is 11. The molecule has 6 atom stereocenters. The molecular formula is C57H102O12. The van der Waals surface area contributed by atoms with Crippen molar-refractivity contribution in [1.29, 1.82) is 0 Å². The number of carbonyl (C=O) groups is 4. The molecule has 1 aliphatic rings. The zero-order valence-electron chi connectivity index (χ0n) is 44.1. The summed E-state index contributed by atoms with van der Waals surface area (Å²) < 4.78 is 28.3. The highest BCUT2D eigenvalue weighted by Crippen LogP contribution is 2.26. The number of rotatable bonds is 48. The Bertz CT molecular complexity index is 1300. The maximum atomic E-state index is 13.1. The van der Waals surface area contributed by atoms with E-state index in [-0.39, 0.29) is 25.9 Å². The molecule has 402 valence electrons. The molecule has 1 fully saturated rings. The Morgan fingerprint density at radius 3 is 1.23 bits per heavy atom. The monoisotopic (exact) mass is 979 g/mol. The summed E-state index contributed by atoms with van der Waals surface area (Å²) >= 11 is 0. The van der Waals surface area contributed by atoms with Crippen LogP contribution >= 0.6 is 0 Å². The number of carbonyl (C=O) groups excluding carboxylic acids is 3. The van der Waals surface area contributed by atoms with Crippen LogP contribution in [0, 0.1) is 0 Å². The number of carboxylic acids is 1. The van der Waals surface area contributed by atoms with E-state index >= 15 is 0 Å². The molecule has 0 aliphatic carbocycles. The summed E-state index contributed by atoms with van der Waals surface area (Å²) in [6.45, 7) is 5.94. The van der Waals surface area contributed by atoms with Gasteiger partial charge in [0.2, 0.25) is 0 Å². The second-order valence-electron chi connectivity index (χ2n) is 19.6. The number of hydrogen-bond donors (Lipinski definition) is 3. The smallest absolute Gasteiger partial charge is 0.335 e. The third-order valence-corrected chi connectivity index (χ3v) is 13.0. The zero-order valence-corrected chi connectivity index (χ0v) is 44.1. The van der Waals surface area contributed by atoms with Gasteiger partial charge in [0, 0.05) is 19.3 Å². The van der Waals surface area contributed by atoms with Crippen LogP contribution in [0.3, 0.4) is 0 Å². The van der Waals surface area contributed by atoms with Gasteiger partial charge in [-0.05, 0) is 70.6 Å². The molecule has 0 bridgehead atoms. The minimum Gasteiger partial charge on any atom is -0.479 e. The van der Waals surface area contributed by atoms with Crippen LogP contribution in [0.15, 0.2) is 24.3 Å². The first-order valence-corrected chi connectivity index (χ1v) is 28.3. The van der Waals surface area contributed by atoms with Crippen LogP contribution in [0.5, 0.6) is 0 Å². The Balaban J connectivity index is 2.70. The molecule has 12 nitrogen and oxygen atoms in total. The third kappa shape index (κ3) is 36.7. The van der Waals surface area contributed by atoms with Crippen LogP contribution in [0.4, 0.5) is 0 Å². The van der Waals surface area contributed by atoms with Crippen molar-refractivity contribution in [2.45, 2.75) is 302 Å². The average molecular weight is 979 g/mol. The van der Waals surface area contributed by atoms with Gasteiger partial charge in [-0.25, -0.2) is 4.79 Å². The van der Waals surface area contributed by atoms with Crippen molar-refractivity contribution in [1.82, 2.24) is 0 Å². The van der Waals surface area contributed by atoms with Crippen molar-refractivity contribution in [3.8, 4) is 0 Å². The largest absolute Gasteiger partial charge is 0.479 e. The summed E-state index contributed by atoms with van der Waals surface area (Å²) in [6, 6.07) is 0. The van der Waals surface area contributed by atoms with E-state index in [2.05, 4.69) is 45.1 Å². The first-order valence-electron chi connectivity index (χ1n) is 28.3. The van der Waals surface area contributed by atoms with Gasteiger partial charge in [-0.15, -0.1) is 0 Å². The summed E-state index contributed by atoms with van der Waals surface area (Å²) in [5, 5.41) is 31.3. The number of esters is 3. The van der Waals surface area contributed by atoms with Crippen LogP contribution in [0.25, 0.3) is 0 Å². The quantitative estimate of drug-likeness (QED) is 0.0228. The highest BCUT2D eigenvalue weighted by Gasteiger charge is 2.50. The molecule has 6 unspecified atom stereocenters. The molecular weight excluding hydrogens is 877 g/mol. The molecule has 1 saturated heterocycles. The van der Waals surface area contributed by atoms with Crippen LogP contribution in [-0.2, 0) is 42.9 Å². The molecule has 12 heteroatoms. The van der Waals surface area contributed by atoms with Gasteiger partial charge in [0.15, 0.2) is 24.6 Å². The van der Waals surface area contributed by atoms with Gasteiger partial charge in [-0.3, -0.25) is 14.4 Å². The maximum Gasteiger partial charge on any atom is 0.335 e. The topological polar surface area (TPSA) is 175 Å². The number of carboxylic acid groups (broad SMARTS) is 1. The number of ether oxygens (including phenoxy) is 5. The molecule has 3 N–H and O–H groups in total. The first-order chi connectivity index (χ1) is 33.6. The van der Waals surface area contributed by atoms with E-state index < -0.39 is 67.3 Å². The highest BCUT2D eigenvalue weighted by atomic mass is 16.7. The minimum absolute atomic E-state index is 0.0630. The van der Waals surface area contributed by atoms with Crippen LogP contribution < -0.4 is 0 Å². The Morgan fingerprint density at radius 2 is 0.826 bits per heavy atom. The van der Waals surface area contributed by atoms with Crippen molar-refractivity contribution >= 4 is 23.9 Å². The highest BCUT2D eigenvalue weighted by molar-refractivity contribution is 5.74. The Kier molecular flexibility index (Phi) is 43.1. The van der Waals surface area contributed by atoms with Gasteiger partial charge in [0.05, 0.1) is 6.61 Å². The lowest BCUT2D eigenvalue weighted by Gasteiger charge is -2.40. The zero-order chi connectivity index (χ0) is 50.4. The van der Waals surface area contributed by atoms with E-state index in [1.165, 1.54) is 103 Å². The minimum atomic E-state index is -1.90. The summed E-state index contributed by atoms with van der Waals surface area (Å²) in [5.41, 5.74) is 0. The van der Waals surface area contributed by atoms with Gasteiger partial charge in [0.25, 0.3) is 0 Å². The second-order valence-corrected chi connectivity index (χ2v) is 19.6. The van der Waals surface area contributed by atoms with Crippen LogP contribution in [-0.4, -0.2) is 89.2 Å². The van der Waals surface area contributed by atoms with Crippen molar-refractivity contribution in [3.05, 3.63) is 24.3 Å². The molecule has 1 aliphatic heterocycles. The van der Waals surface area contributed by atoms with Crippen molar-refractivity contribution in [2.75, 3.05) is 13.2 Å². The van der Waals surface area contributed by atoms with E-state index in [0.717, 1.165) is 103 Å². The van der Waals surface area contributed by atoms with E-state index in [0.29, 0.717) is 19.3 Å². The fourth-order valence-corrected chi connectivity index (χ4v) is 8.59. The molecule has 0 aromatic rings. The number of unbranched alkanes of at least 4 members (excludes halogenated alkanes) is 30. The van der Waals surface area contributed by atoms with Gasteiger partial charge in [0.1, 0.15) is 18.8 Å². The summed E-state index contributed by atoms with van der Waals surface area (Å²) in [5.74, 6) is -3.12. The molecule has 0 amide bonds. The molecule has 1 heterocycles. The predicted molar refractivity (Wildman–Crippen MR) is 276 cm³/mol. The van der Waals surface area contributed by atoms with Gasteiger partial charge >= 0.3 is 23.9 Å². The Morgan fingerprint density at radius 1 is 0.464 bits per heavy atom. The molecule has 0 radical (unpaired) electrons. The molecule has 0 spiro atoms. The summed E-state index contributed by atoms with van der Waals surface area (Å²) in [6.07, 6.45) is 38.8. The van der Waals surface area contributed by atoms with Crippen LogP contribution in [0.2, 0.25) is 0 Å². The van der Waals surface area contributed by atoms with Crippen molar-refractivity contribution < 1.29 is 58.2 Å². The van der Waals surface area contributed by atoms with E-state index in [1.54, 1.807) is 0 Å². The van der Waals surface area contributed by atoms with E-state index in [1.807, 2.05) is 0 Å². The third-order valence-electron chi connectivity index (χ3n) is 13.0. The normalized spacial score (nSPS) is 18.8. The fourth-order valence-electron chi connectivity index (χ4n) is 8.59. The van der Waals surface area contributed by atoms with E-state index in [4.69, 9.17) is 23.7 Å². The summed E-state index contributed by atoms with van der Waals surface area (Å²) in [4.78, 5) is 50.9. The van der Waals surface area contributed by atoms with Crippen LogP contribution in [0.1, 0.15) is 265 Å². The lowest BCUT2D eigenvalue weighted by atomic mass is 9.98. The van der Waals surface area contributed by atoms with Gasteiger partial charge in [-0.1, -0.05) is 199 Å². The fraction of sp³-hybridized carbons (Fsp3) is 0.860. The second kappa shape index (κ2) is 46.3. The predicted octanol–water partition coefficient (Wildman–Crippen LogP) is 13.9. The van der Waals surface area contributed by atoms with E-state index in [9.17, 15) is 34.5 Å². The lowest BCUT2D eigenvalue weighted by molar-refractivity contribution is -0.301. The maximum absolute atomic E-state index is 13.1. The number of aliphatic hydroxyl groups excluding tert-OH is 2. The van der Waals surface area contributed by atoms with Crippen molar-refractivity contribution in [3.63, 3.8) is 0 Å².